The third kappa shape index (κ3) is 3.89. The smallest absolute Gasteiger partial charge is 0.168 e. The first-order chi connectivity index (χ1) is 9.70. The number of rotatable bonds is 5. The highest BCUT2D eigenvalue weighted by atomic mass is 16.1. The van der Waals surface area contributed by atoms with Crippen molar-refractivity contribution >= 4 is 5.78 Å². The average molecular weight is 271 g/mol. The number of nitriles is 1. The Morgan fingerprint density at radius 3 is 2.50 bits per heavy atom. The molecule has 1 unspecified atom stereocenters. The molecule has 0 aromatic heterocycles. The number of piperazine rings is 1. The molecule has 1 aromatic carbocycles. The van der Waals surface area contributed by atoms with E-state index in [1.807, 2.05) is 30.3 Å². The molecule has 0 amide bonds. The zero-order valence-electron chi connectivity index (χ0n) is 12.0. The summed E-state index contributed by atoms with van der Waals surface area (Å²) in [7, 11) is 2.11. The summed E-state index contributed by atoms with van der Waals surface area (Å²) in [6.45, 7) is 4.69. The van der Waals surface area contributed by atoms with Gasteiger partial charge in [0.2, 0.25) is 0 Å². The third-order valence-electron chi connectivity index (χ3n) is 3.84. The highest BCUT2D eigenvalue weighted by molar-refractivity contribution is 5.98. The summed E-state index contributed by atoms with van der Waals surface area (Å²) in [6.07, 6.45) is 0.292. The minimum Gasteiger partial charge on any atom is -0.304 e. The molecule has 4 nitrogen and oxygen atoms in total. The number of nitrogens with zero attached hydrogens (tertiary/aromatic N) is 3. The third-order valence-corrected chi connectivity index (χ3v) is 3.84. The molecule has 106 valence electrons. The van der Waals surface area contributed by atoms with Crippen molar-refractivity contribution < 1.29 is 4.79 Å². The van der Waals surface area contributed by atoms with Crippen LogP contribution in [0.2, 0.25) is 0 Å². The van der Waals surface area contributed by atoms with Crippen molar-refractivity contribution in [1.29, 1.82) is 5.26 Å². The van der Waals surface area contributed by atoms with E-state index in [0.717, 1.165) is 26.2 Å². The molecule has 0 bridgehead atoms. The summed E-state index contributed by atoms with van der Waals surface area (Å²) in [4.78, 5) is 17.1. The zero-order valence-corrected chi connectivity index (χ0v) is 12.0. The Hall–Kier alpha value is -1.70. The van der Waals surface area contributed by atoms with Crippen molar-refractivity contribution in [2.75, 3.05) is 39.8 Å². The molecule has 0 spiro atoms. The Morgan fingerprint density at radius 1 is 1.25 bits per heavy atom. The molecule has 1 aliphatic rings. The van der Waals surface area contributed by atoms with Crippen molar-refractivity contribution in [1.82, 2.24) is 9.80 Å². The molecule has 0 N–H and O–H groups in total. The molecule has 0 saturated carbocycles. The molecule has 1 saturated heterocycles. The molecule has 2 rings (SSSR count). The van der Waals surface area contributed by atoms with Crippen molar-refractivity contribution in [3.8, 4) is 6.07 Å². The van der Waals surface area contributed by atoms with Gasteiger partial charge in [-0.1, -0.05) is 30.3 Å². The van der Waals surface area contributed by atoms with Crippen molar-refractivity contribution in [3.63, 3.8) is 0 Å². The van der Waals surface area contributed by atoms with E-state index in [1.54, 1.807) is 0 Å². The Kier molecular flexibility index (Phi) is 5.28. The van der Waals surface area contributed by atoms with Gasteiger partial charge in [-0.25, -0.2) is 0 Å². The van der Waals surface area contributed by atoms with E-state index in [-0.39, 0.29) is 11.7 Å². The number of benzene rings is 1. The number of Topliss-reactive ketones (excluding diaryl/α,β-unsaturated/α-hetero) is 1. The van der Waals surface area contributed by atoms with E-state index in [4.69, 9.17) is 5.26 Å². The second kappa shape index (κ2) is 7.18. The Labute approximate surface area is 120 Å². The van der Waals surface area contributed by atoms with Gasteiger partial charge >= 0.3 is 0 Å². The number of hydrogen-bond acceptors (Lipinski definition) is 4. The summed E-state index contributed by atoms with van der Waals surface area (Å²) in [6, 6.07) is 11.5. The summed E-state index contributed by atoms with van der Waals surface area (Å²) in [5, 5.41) is 8.98. The molecule has 4 heteroatoms. The van der Waals surface area contributed by atoms with E-state index >= 15 is 0 Å². The van der Waals surface area contributed by atoms with Crippen LogP contribution in [0.1, 0.15) is 16.8 Å². The van der Waals surface area contributed by atoms with Crippen LogP contribution in [0, 0.1) is 17.2 Å². The fraction of sp³-hybridized carbons (Fsp3) is 0.500. The first-order valence-corrected chi connectivity index (χ1v) is 7.08. The summed E-state index contributed by atoms with van der Waals surface area (Å²) in [5.41, 5.74) is 0.710. The van der Waals surface area contributed by atoms with E-state index in [9.17, 15) is 4.79 Å². The van der Waals surface area contributed by atoms with Gasteiger partial charge in [-0.3, -0.25) is 4.79 Å². The van der Waals surface area contributed by atoms with Crippen LogP contribution in [0.3, 0.4) is 0 Å². The first-order valence-electron chi connectivity index (χ1n) is 7.08. The zero-order chi connectivity index (χ0) is 14.4. The van der Waals surface area contributed by atoms with Crippen molar-refractivity contribution in [3.05, 3.63) is 35.9 Å². The van der Waals surface area contributed by atoms with Crippen molar-refractivity contribution in [2.24, 2.45) is 5.92 Å². The minimum absolute atomic E-state index is 0.0890. The quantitative estimate of drug-likeness (QED) is 0.764. The molecular weight excluding hydrogens is 250 g/mol. The maximum absolute atomic E-state index is 12.5. The normalized spacial score (nSPS) is 18.4. The topological polar surface area (TPSA) is 47.3 Å². The maximum atomic E-state index is 12.5. The van der Waals surface area contributed by atoms with Gasteiger partial charge in [0.1, 0.15) is 0 Å². The van der Waals surface area contributed by atoms with Crippen LogP contribution in [0.5, 0.6) is 0 Å². The molecule has 1 atom stereocenters. The largest absolute Gasteiger partial charge is 0.304 e. The average Bonchev–Trinajstić information content (AvgIpc) is 2.49. The lowest BCUT2D eigenvalue weighted by atomic mass is 9.94. The van der Waals surface area contributed by atoms with Crippen LogP contribution in [0.15, 0.2) is 30.3 Å². The van der Waals surface area contributed by atoms with Crippen LogP contribution in [0.4, 0.5) is 0 Å². The van der Waals surface area contributed by atoms with Gasteiger partial charge in [-0.15, -0.1) is 0 Å². The summed E-state index contributed by atoms with van der Waals surface area (Å²) < 4.78 is 0. The van der Waals surface area contributed by atoms with E-state index < -0.39 is 0 Å². The number of carbonyl (C=O) groups excluding carboxylic acids is 1. The molecule has 1 aliphatic heterocycles. The second-order valence-corrected chi connectivity index (χ2v) is 5.39. The standard InChI is InChI=1S/C16H21N3O/c1-18-9-11-19(12-10-18)13-15(7-8-17)16(20)14-5-3-2-4-6-14/h2-6,15H,7,9-13H2,1H3. The van der Waals surface area contributed by atoms with Crippen molar-refractivity contribution in [2.45, 2.75) is 6.42 Å². The Balaban J connectivity index is 2.00. The summed E-state index contributed by atoms with van der Waals surface area (Å²) >= 11 is 0. The van der Waals surface area contributed by atoms with Crippen LogP contribution < -0.4 is 0 Å². The lowest BCUT2D eigenvalue weighted by Crippen LogP contribution is -2.46. The van der Waals surface area contributed by atoms with Gasteiger partial charge < -0.3 is 9.80 Å². The van der Waals surface area contributed by atoms with Gasteiger partial charge in [0.05, 0.1) is 6.07 Å². The maximum Gasteiger partial charge on any atom is 0.168 e. The number of ketones is 1. The lowest BCUT2D eigenvalue weighted by Gasteiger charge is -2.33. The SMILES string of the molecule is CN1CCN(CC(CC#N)C(=O)c2ccccc2)CC1. The van der Waals surface area contributed by atoms with Gasteiger partial charge in [0.25, 0.3) is 0 Å². The fourth-order valence-electron chi connectivity index (χ4n) is 2.53. The lowest BCUT2D eigenvalue weighted by molar-refractivity contribution is 0.0840. The van der Waals surface area contributed by atoms with E-state index in [0.29, 0.717) is 18.5 Å². The van der Waals surface area contributed by atoms with Crippen LogP contribution in [-0.2, 0) is 0 Å². The molecule has 1 heterocycles. The highest BCUT2D eigenvalue weighted by Gasteiger charge is 2.24. The first kappa shape index (κ1) is 14.7. The summed E-state index contributed by atoms with van der Waals surface area (Å²) in [5.74, 6) is -0.128. The fourth-order valence-corrected chi connectivity index (χ4v) is 2.53. The van der Waals surface area contributed by atoms with Gasteiger partial charge in [0, 0.05) is 50.6 Å². The second-order valence-electron chi connectivity index (χ2n) is 5.39. The molecular formula is C16H21N3O. The van der Waals surface area contributed by atoms with Crippen LogP contribution in [0.25, 0.3) is 0 Å². The van der Waals surface area contributed by atoms with Crippen LogP contribution >= 0.6 is 0 Å². The predicted octanol–water partition coefficient (Wildman–Crippen LogP) is 1.65. The van der Waals surface area contributed by atoms with Gasteiger partial charge in [-0.05, 0) is 7.05 Å². The highest BCUT2D eigenvalue weighted by Crippen LogP contribution is 2.15. The molecule has 1 fully saturated rings. The monoisotopic (exact) mass is 271 g/mol. The Bertz CT molecular complexity index is 472. The predicted molar refractivity (Wildman–Crippen MR) is 78.4 cm³/mol. The molecule has 0 radical (unpaired) electrons. The van der Waals surface area contributed by atoms with Gasteiger partial charge in [-0.2, -0.15) is 5.26 Å². The molecule has 1 aromatic rings. The number of likely N-dealkylation sites (N-methyl/N-ethyl adjacent to an activating group) is 1. The minimum atomic E-state index is -0.217. The van der Waals surface area contributed by atoms with E-state index in [2.05, 4.69) is 22.9 Å². The number of carbonyl (C=O) groups is 1. The Morgan fingerprint density at radius 2 is 1.90 bits per heavy atom. The molecule has 20 heavy (non-hydrogen) atoms. The van der Waals surface area contributed by atoms with Gasteiger partial charge in [0.15, 0.2) is 5.78 Å². The van der Waals surface area contributed by atoms with E-state index in [1.165, 1.54) is 0 Å². The molecule has 0 aliphatic carbocycles. The van der Waals surface area contributed by atoms with Crippen LogP contribution in [-0.4, -0.2) is 55.4 Å². The number of hydrogen-bond donors (Lipinski definition) is 0.